The van der Waals surface area contributed by atoms with Crippen LogP contribution in [-0.4, -0.2) is 26.4 Å². The first kappa shape index (κ1) is 17.9. The van der Waals surface area contributed by atoms with E-state index in [1.165, 1.54) is 12.8 Å². The van der Waals surface area contributed by atoms with E-state index in [-0.39, 0.29) is 16.8 Å². The second-order valence-corrected chi connectivity index (χ2v) is 8.18. The van der Waals surface area contributed by atoms with Crippen LogP contribution in [0.25, 0.3) is 0 Å². The van der Waals surface area contributed by atoms with E-state index in [0.717, 1.165) is 18.4 Å². The predicted octanol–water partition coefficient (Wildman–Crippen LogP) is 2.36. The summed E-state index contributed by atoms with van der Waals surface area (Å²) in [7, 11) is -3.45. The second kappa shape index (κ2) is 7.93. The SMILES string of the molecule is CC(C)NS(=O)(=O)c1ccc(CCC(=O)NC2CCCC2)cc1. The van der Waals surface area contributed by atoms with Crippen molar-refractivity contribution in [2.45, 2.75) is 69.4 Å². The van der Waals surface area contributed by atoms with Gasteiger partial charge >= 0.3 is 0 Å². The fourth-order valence-corrected chi connectivity index (χ4v) is 4.09. The summed E-state index contributed by atoms with van der Waals surface area (Å²) in [6.45, 7) is 3.57. The van der Waals surface area contributed by atoms with Crippen molar-refractivity contribution in [3.05, 3.63) is 29.8 Å². The van der Waals surface area contributed by atoms with Gasteiger partial charge in [-0.25, -0.2) is 13.1 Å². The Morgan fingerprint density at radius 1 is 1.17 bits per heavy atom. The number of sulfonamides is 1. The van der Waals surface area contributed by atoms with Crippen molar-refractivity contribution in [3.63, 3.8) is 0 Å². The highest BCUT2D eigenvalue weighted by atomic mass is 32.2. The number of carbonyl (C=O) groups is 1. The Hall–Kier alpha value is -1.40. The lowest BCUT2D eigenvalue weighted by molar-refractivity contribution is -0.121. The molecule has 0 unspecified atom stereocenters. The molecule has 0 heterocycles. The van der Waals surface area contributed by atoms with E-state index in [9.17, 15) is 13.2 Å². The molecule has 6 heteroatoms. The Morgan fingerprint density at radius 2 is 1.78 bits per heavy atom. The third-order valence-corrected chi connectivity index (χ3v) is 5.66. The van der Waals surface area contributed by atoms with Crippen LogP contribution in [0.1, 0.15) is 51.5 Å². The number of carbonyl (C=O) groups excluding carboxylic acids is 1. The number of amides is 1. The molecule has 1 aromatic carbocycles. The number of hydrogen-bond donors (Lipinski definition) is 2. The summed E-state index contributed by atoms with van der Waals surface area (Å²) in [6, 6.07) is 6.94. The summed E-state index contributed by atoms with van der Waals surface area (Å²) in [4.78, 5) is 12.2. The van der Waals surface area contributed by atoms with Gasteiger partial charge in [-0.05, 0) is 50.8 Å². The topological polar surface area (TPSA) is 75.3 Å². The van der Waals surface area contributed by atoms with Gasteiger partial charge < -0.3 is 5.32 Å². The maximum atomic E-state index is 12.0. The van der Waals surface area contributed by atoms with E-state index >= 15 is 0 Å². The standard InChI is InChI=1S/C17H26N2O3S/c1-13(2)19-23(21,22)16-10-7-14(8-11-16)9-12-17(20)18-15-5-3-4-6-15/h7-8,10-11,13,15,19H,3-6,9,12H2,1-2H3,(H,18,20). The molecule has 1 aliphatic rings. The van der Waals surface area contributed by atoms with Crippen LogP contribution in [0.3, 0.4) is 0 Å². The highest BCUT2D eigenvalue weighted by molar-refractivity contribution is 7.89. The summed E-state index contributed by atoms with van der Waals surface area (Å²) in [5.74, 6) is 0.0788. The molecule has 1 aromatic rings. The van der Waals surface area contributed by atoms with Crippen molar-refractivity contribution >= 4 is 15.9 Å². The van der Waals surface area contributed by atoms with E-state index in [2.05, 4.69) is 10.0 Å². The molecule has 1 saturated carbocycles. The number of hydrogen-bond acceptors (Lipinski definition) is 3. The van der Waals surface area contributed by atoms with Crippen LogP contribution in [0.4, 0.5) is 0 Å². The highest BCUT2D eigenvalue weighted by Crippen LogP contribution is 2.18. The Kier molecular flexibility index (Phi) is 6.18. The van der Waals surface area contributed by atoms with Gasteiger partial charge in [0.15, 0.2) is 0 Å². The largest absolute Gasteiger partial charge is 0.353 e. The third kappa shape index (κ3) is 5.62. The van der Waals surface area contributed by atoms with Crippen molar-refractivity contribution in [3.8, 4) is 0 Å². The van der Waals surface area contributed by atoms with Gasteiger partial charge in [-0.1, -0.05) is 25.0 Å². The summed E-state index contributed by atoms with van der Waals surface area (Å²) in [5.41, 5.74) is 0.968. The molecule has 0 saturated heterocycles. The van der Waals surface area contributed by atoms with Crippen LogP contribution >= 0.6 is 0 Å². The molecule has 2 rings (SSSR count). The molecule has 5 nitrogen and oxygen atoms in total. The van der Waals surface area contributed by atoms with Crippen molar-refractivity contribution in [1.29, 1.82) is 0 Å². The van der Waals surface area contributed by atoms with Crippen LogP contribution in [0, 0.1) is 0 Å². The van der Waals surface area contributed by atoms with Gasteiger partial charge in [0.25, 0.3) is 0 Å². The van der Waals surface area contributed by atoms with E-state index in [4.69, 9.17) is 0 Å². The molecule has 1 amide bonds. The third-order valence-electron chi connectivity index (χ3n) is 3.99. The Bertz CT molecular complexity index is 618. The van der Waals surface area contributed by atoms with Crippen molar-refractivity contribution in [1.82, 2.24) is 10.0 Å². The zero-order valence-electron chi connectivity index (χ0n) is 13.8. The number of aryl methyl sites for hydroxylation is 1. The number of nitrogens with one attached hydrogen (secondary N) is 2. The maximum absolute atomic E-state index is 12.0. The summed E-state index contributed by atoms with van der Waals surface area (Å²) in [5, 5.41) is 3.06. The van der Waals surface area contributed by atoms with Gasteiger partial charge in [0, 0.05) is 18.5 Å². The lowest BCUT2D eigenvalue weighted by Gasteiger charge is -2.12. The molecule has 2 N–H and O–H groups in total. The van der Waals surface area contributed by atoms with Gasteiger partial charge in [0.1, 0.15) is 0 Å². The van der Waals surface area contributed by atoms with Gasteiger partial charge in [-0.2, -0.15) is 0 Å². The second-order valence-electron chi connectivity index (χ2n) is 6.47. The summed E-state index contributed by atoms with van der Waals surface area (Å²) < 4.78 is 26.6. The zero-order valence-corrected chi connectivity index (χ0v) is 14.7. The minimum Gasteiger partial charge on any atom is -0.353 e. The monoisotopic (exact) mass is 338 g/mol. The molecule has 23 heavy (non-hydrogen) atoms. The van der Waals surface area contributed by atoms with Crippen molar-refractivity contribution < 1.29 is 13.2 Å². The first-order valence-electron chi connectivity index (χ1n) is 8.27. The molecule has 0 aromatic heterocycles. The molecular weight excluding hydrogens is 312 g/mol. The quantitative estimate of drug-likeness (QED) is 0.801. The van der Waals surface area contributed by atoms with Gasteiger partial charge in [0.05, 0.1) is 4.90 Å². The molecule has 1 aliphatic carbocycles. The Morgan fingerprint density at radius 3 is 2.35 bits per heavy atom. The molecular formula is C17H26N2O3S. The lowest BCUT2D eigenvalue weighted by Crippen LogP contribution is -2.32. The maximum Gasteiger partial charge on any atom is 0.240 e. The van der Waals surface area contributed by atoms with E-state index in [0.29, 0.717) is 18.9 Å². The van der Waals surface area contributed by atoms with Crippen molar-refractivity contribution in [2.75, 3.05) is 0 Å². The smallest absolute Gasteiger partial charge is 0.240 e. The van der Waals surface area contributed by atoms with Crippen LogP contribution < -0.4 is 10.0 Å². The number of rotatable bonds is 7. The molecule has 0 radical (unpaired) electrons. The van der Waals surface area contributed by atoms with Crippen LogP contribution in [0.15, 0.2) is 29.2 Å². The Balaban J connectivity index is 1.86. The first-order valence-corrected chi connectivity index (χ1v) is 9.76. The van der Waals surface area contributed by atoms with Crippen LogP contribution in [0.5, 0.6) is 0 Å². The number of benzene rings is 1. The molecule has 0 atom stereocenters. The molecule has 128 valence electrons. The molecule has 0 spiro atoms. The van der Waals surface area contributed by atoms with E-state index in [1.807, 2.05) is 0 Å². The lowest BCUT2D eigenvalue weighted by atomic mass is 10.1. The fourth-order valence-electron chi connectivity index (χ4n) is 2.84. The molecule has 1 fully saturated rings. The summed E-state index contributed by atoms with van der Waals surface area (Å²) in [6.07, 6.45) is 5.63. The minimum absolute atomic E-state index is 0.0788. The minimum atomic E-state index is -3.45. The summed E-state index contributed by atoms with van der Waals surface area (Å²) >= 11 is 0. The van der Waals surface area contributed by atoms with Crippen molar-refractivity contribution in [2.24, 2.45) is 0 Å². The molecule has 0 aliphatic heterocycles. The zero-order chi connectivity index (χ0) is 16.9. The fraction of sp³-hybridized carbons (Fsp3) is 0.588. The van der Waals surface area contributed by atoms with E-state index in [1.54, 1.807) is 38.1 Å². The molecule has 0 bridgehead atoms. The average molecular weight is 338 g/mol. The normalized spacial score (nSPS) is 16.0. The first-order chi connectivity index (χ1) is 10.9. The average Bonchev–Trinajstić information content (AvgIpc) is 2.97. The predicted molar refractivity (Wildman–Crippen MR) is 90.6 cm³/mol. The highest BCUT2D eigenvalue weighted by Gasteiger charge is 2.17. The Labute approximate surface area is 138 Å². The van der Waals surface area contributed by atoms with Gasteiger partial charge in [-0.15, -0.1) is 0 Å². The van der Waals surface area contributed by atoms with Gasteiger partial charge in [-0.3, -0.25) is 4.79 Å². The van der Waals surface area contributed by atoms with Crippen LogP contribution in [-0.2, 0) is 21.2 Å². The van der Waals surface area contributed by atoms with Crippen LogP contribution in [0.2, 0.25) is 0 Å². The van der Waals surface area contributed by atoms with E-state index < -0.39 is 10.0 Å². The van der Waals surface area contributed by atoms with Gasteiger partial charge in [0.2, 0.25) is 15.9 Å².